The second-order valence-corrected chi connectivity index (χ2v) is 16.0. The molecule has 0 heterocycles. The molecule has 4 atom stereocenters. The summed E-state index contributed by atoms with van der Waals surface area (Å²) in [6, 6.07) is 6.25. The first-order chi connectivity index (χ1) is 25.9. The van der Waals surface area contributed by atoms with E-state index in [4.69, 9.17) is 30.6 Å². The molecule has 0 aromatic heterocycles. The monoisotopic (exact) mass is 920 g/mol. The number of hydrogen-bond donors (Lipinski definition) is 7. The van der Waals surface area contributed by atoms with Crippen molar-refractivity contribution in [3.63, 3.8) is 0 Å². The van der Waals surface area contributed by atoms with Gasteiger partial charge in [0, 0.05) is 6.42 Å². The third-order valence-corrected chi connectivity index (χ3v) is 7.29. The number of rotatable bonds is 7. The molecule has 0 aliphatic carbocycles. The van der Waals surface area contributed by atoms with Gasteiger partial charge in [0.15, 0.2) is 5.60 Å². The van der Waals surface area contributed by atoms with Gasteiger partial charge < -0.3 is 35.7 Å². The van der Waals surface area contributed by atoms with Gasteiger partial charge in [-0.1, -0.05) is 59.6 Å². The van der Waals surface area contributed by atoms with E-state index in [1.807, 2.05) is 34.6 Å². The highest BCUT2D eigenvalue weighted by molar-refractivity contribution is 5.17. The summed E-state index contributed by atoms with van der Waals surface area (Å²) in [7, 11) is 0. The molecule has 0 amide bonds. The Morgan fingerprint density at radius 3 is 0.967 bits per heavy atom. The standard InChI is InChI=1S/C11H15FO.2C6H14O.C4H4F6O.C4H7F3O.C4H8F2O.C3H5F3O/c1-3-11(2,13)8-9-4-6-10(12)7-5-9;1-5(7)6(2,3)4;1-3-4-5-6(2)7;1-2(11,3(5,6)7)4(8,9)10;1-3(2,8)4(5,6)7;1-4(2,7)3(5)6;1-2(7)3(4,5)6/h4-7,13H,3,8H2,1-2H3;5,7H,1-4H3;6-7H,3-5H2,1-2H3;11H,1H3;8H,1-2H3;3,7H,1-2H3;2,7H,1H3. The van der Waals surface area contributed by atoms with Crippen molar-refractivity contribution in [2.24, 2.45) is 5.41 Å². The molecule has 0 saturated carbocycles. The van der Waals surface area contributed by atoms with Crippen molar-refractivity contribution < 1.29 is 102 Å². The highest BCUT2D eigenvalue weighted by atomic mass is 19.4. The van der Waals surface area contributed by atoms with Gasteiger partial charge >= 0.3 is 24.7 Å². The Hall–Kier alpha value is -2.11. The highest BCUT2D eigenvalue weighted by Crippen LogP contribution is 2.42. The summed E-state index contributed by atoms with van der Waals surface area (Å²) < 4.78 is 170. The molecule has 366 valence electrons. The summed E-state index contributed by atoms with van der Waals surface area (Å²) in [5.74, 6) is -0.236. The first kappa shape index (κ1) is 69.6. The number of aliphatic hydroxyl groups excluding tert-OH is 3. The number of unbranched alkanes of at least 4 members (excludes halogenated alkanes) is 1. The zero-order valence-electron chi connectivity index (χ0n) is 36.5. The van der Waals surface area contributed by atoms with Crippen molar-refractivity contribution in [2.45, 2.75) is 201 Å². The Bertz CT molecular complexity index is 1100. The largest absolute Gasteiger partial charge is 0.425 e. The van der Waals surface area contributed by atoms with Crippen LogP contribution in [0, 0.1) is 11.2 Å². The lowest BCUT2D eigenvalue weighted by molar-refractivity contribution is -0.360. The van der Waals surface area contributed by atoms with Crippen molar-refractivity contribution in [1.29, 1.82) is 0 Å². The average Bonchev–Trinajstić information content (AvgIpc) is 2.99. The fourth-order valence-corrected chi connectivity index (χ4v) is 1.83. The van der Waals surface area contributed by atoms with E-state index in [-0.39, 0.29) is 30.4 Å². The van der Waals surface area contributed by atoms with Crippen molar-refractivity contribution in [3.8, 4) is 0 Å². The van der Waals surface area contributed by atoms with Crippen LogP contribution in [-0.4, -0.2) is 108 Å². The number of benzene rings is 1. The molecule has 4 unspecified atom stereocenters. The van der Waals surface area contributed by atoms with Crippen LogP contribution in [0.25, 0.3) is 0 Å². The number of alkyl halides is 14. The van der Waals surface area contributed by atoms with E-state index >= 15 is 0 Å². The molecular formula is C38H67F15O7. The third-order valence-electron chi connectivity index (χ3n) is 7.29. The van der Waals surface area contributed by atoms with Gasteiger partial charge in [0.2, 0.25) is 0 Å². The Labute approximate surface area is 343 Å². The van der Waals surface area contributed by atoms with Gasteiger partial charge in [-0.2, -0.15) is 52.7 Å². The van der Waals surface area contributed by atoms with Gasteiger partial charge in [-0.05, 0) is 98.3 Å². The number of aliphatic hydroxyl groups is 7. The van der Waals surface area contributed by atoms with E-state index in [9.17, 15) is 71.0 Å². The summed E-state index contributed by atoms with van der Waals surface area (Å²) in [5.41, 5.74) is -8.68. The molecule has 1 aromatic carbocycles. The molecule has 7 N–H and O–H groups in total. The minimum atomic E-state index is -5.69. The quantitative estimate of drug-likeness (QED) is 0.135. The summed E-state index contributed by atoms with van der Waals surface area (Å²) >= 11 is 0. The SMILES string of the molecule is CC(C)(O)C(F)(F)F.CC(C)(O)C(F)F.CC(O)(C(F)(F)F)C(F)(F)F.CC(O)C(C)(C)C.CC(O)C(F)(F)F.CCC(C)(O)Cc1ccc(F)cc1.CCCCC(C)O. The van der Waals surface area contributed by atoms with Crippen LogP contribution in [0.2, 0.25) is 0 Å². The molecule has 0 saturated heterocycles. The third kappa shape index (κ3) is 40.0. The highest BCUT2D eigenvalue weighted by Gasteiger charge is 2.67. The minimum absolute atomic E-state index is 0.0556. The van der Waals surface area contributed by atoms with Crippen LogP contribution < -0.4 is 0 Å². The van der Waals surface area contributed by atoms with E-state index in [1.54, 1.807) is 26.0 Å². The van der Waals surface area contributed by atoms with E-state index in [2.05, 4.69) is 6.92 Å². The van der Waals surface area contributed by atoms with Gasteiger partial charge in [0.05, 0.1) is 17.8 Å². The lowest BCUT2D eigenvalue weighted by Gasteiger charge is -2.28. The Morgan fingerprint density at radius 1 is 0.567 bits per heavy atom. The van der Waals surface area contributed by atoms with Crippen LogP contribution in [0.3, 0.4) is 0 Å². The summed E-state index contributed by atoms with van der Waals surface area (Å²) in [5, 5.41) is 59.6. The Kier molecular flexibility index (Phi) is 33.1. The lowest BCUT2D eigenvalue weighted by atomic mass is 9.91. The number of hydrogen-bond acceptors (Lipinski definition) is 7. The zero-order chi connectivity index (χ0) is 50.3. The van der Waals surface area contributed by atoms with Crippen LogP contribution >= 0.6 is 0 Å². The first-order valence-electron chi connectivity index (χ1n) is 18.1. The van der Waals surface area contributed by atoms with Crippen LogP contribution in [0.15, 0.2) is 24.3 Å². The van der Waals surface area contributed by atoms with E-state index in [1.165, 1.54) is 18.6 Å². The Morgan fingerprint density at radius 2 is 0.850 bits per heavy atom. The molecule has 7 nitrogen and oxygen atoms in total. The zero-order valence-corrected chi connectivity index (χ0v) is 36.5. The van der Waals surface area contributed by atoms with Crippen LogP contribution in [-0.2, 0) is 6.42 Å². The maximum atomic E-state index is 12.5. The summed E-state index contributed by atoms with van der Waals surface area (Å²) in [4.78, 5) is 0. The minimum Gasteiger partial charge on any atom is -0.393 e. The molecule has 1 rings (SSSR count). The van der Waals surface area contributed by atoms with Gasteiger partial charge in [-0.3, -0.25) is 0 Å². The second-order valence-electron chi connectivity index (χ2n) is 16.0. The maximum absolute atomic E-state index is 12.5. The van der Waals surface area contributed by atoms with Crippen molar-refractivity contribution in [1.82, 2.24) is 0 Å². The molecular weight excluding hydrogens is 853 g/mol. The molecule has 0 fully saturated rings. The van der Waals surface area contributed by atoms with Gasteiger partial charge in [0.1, 0.15) is 17.5 Å². The van der Waals surface area contributed by atoms with Crippen molar-refractivity contribution >= 4 is 0 Å². The summed E-state index contributed by atoms with van der Waals surface area (Å²) in [6.45, 7) is 19.4. The smallest absolute Gasteiger partial charge is 0.393 e. The molecule has 0 radical (unpaired) electrons. The molecule has 0 aliphatic rings. The molecule has 22 heteroatoms. The predicted octanol–water partition coefficient (Wildman–Crippen LogP) is 10.6. The molecule has 0 aliphatic heterocycles. The van der Waals surface area contributed by atoms with Crippen LogP contribution in [0.1, 0.15) is 128 Å². The van der Waals surface area contributed by atoms with Crippen LogP contribution in [0.4, 0.5) is 65.9 Å². The summed E-state index contributed by atoms with van der Waals surface area (Å²) in [6.07, 6.45) is -20.9. The van der Waals surface area contributed by atoms with E-state index < -0.39 is 59.6 Å². The van der Waals surface area contributed by atoms with Gasteiger partial charge in [0.25, 0.3) is 12.0 Å². The Balaban J connectivity index is -0.000000144. The van der Waals surface area contributed by atoms with E-state index in [0.717, 1.165) is 32.3 Å². The van der Waals surface area contributed by atoms with Crippen LogP contribution in [0.5, 0.6) is 0 Å². The fourth-order valence-electron chi connectivity index (χ4n) is 1.83. The first-order valence-corrected chi connectivity index (χ1v) is 18.1. The molecule has 1 aromatic rings. The maximum Gasteiger partial charge on any atom is 0.425 e. The van der Waals surface area contributed by atoms with Crippen molar-refractivity contribution in [3.05, 3.63) is 35.6 Å². The van der Waals surface area contributed by atoms with Crippen molar-refractivity contribution in [2.75, 3.05) is 0 Å². The molecule has 0 spiro atoms. The molecule has 0 bridgehead atoms. The second kappa shape index (κ2) is 28.6. The molecule has 60 heavy (non-hydrogen) atoms. The lowest BCUT2D eigenvalue weighted by Crippen LogP contribution is -2.54. The fraction of sp³-hybridized carbons (Fsp3) is 0.842. The topological polar surface area (TPSA) is 142 Å². The van der Waals surface area contributed by atoms with Gasteiger partial charge in [-0.15, -0.1) is 0 Å². The predicted molar refractivity (Wildman–Crippen MR) is 198 cm³/mol. The average molecular weight is 921 g/mol. The van der Waals surface area contributed by atoms with Gasteiger partial charge in [-0.25, -0.2) is 13.2 Å². The normalized spacial score (nSPS) is 15.1. The van der Waals surface area contributed by atoms with E-state index in [0.29, 0.717) is 33.6 Å². The number of halogens is 15.